The van der Waals surface area contributed by atoms with Gasteiger partial charge < -0.3 is 24.3 Å². The van der Waals surface area contributed by atoms with Gasteiger partial charge in [0.25, 0.3) is 0 Å². The zero-order valence-corrected chi connectivity index (χ0v) is 19.3. The number of aliphatic hydroxyl groups excluding tert-OH is 1. The van der Waals surface area contributed by atoms with E-state index < -0.39 is 6.10 Å². The van der Waals surface area contributed by atoms with Crippen LogP contribution in [0.5, 0.6) is 17.2 Å². The molecule has 2 aliphatic heterocycles. The summed E-state index contributed by atoms with van der Waals surface area (Å²) < 4.78 is 25.8. The number of hydrogen-bond donors (Lipinski definition) is 2. The number of halogens is 2. The summed E-state index contributed by atoms with van der Waals surface area (Å²) in [6.45, 7) is 2.44. The largest absolute Gasteiger partial charge is 0.491 e. The van der Waals surface area contributed by atoms with Gasteiger partial charge in [0.1, 0.15) is 36.0 Å². The minimum Gasteiger partial charge on any atom is -0.491 e. The van der Waals surface area contributed by atoms with Crippen molar-refractivity contribution in [3.63, 3.8) is 0 Å². The maximum absolute atomic E-state index is 14.0. The lowest BCUT2D eigenvalue weighted by atomic mass is 10.0. The van der Waals surface area contributed by atoms with Crippen LogP contribution in [0.1, 0.15) is 12.8 Å². The van der Waals surface area contributed by atoms with Gasteiger partial charge in [0.2, 0.25) is 0 Å². The van der Waals surface area contributed by atoms with E-state index in [1.54, 1.807) is 6.07 Å². The Balaban J connectivity index is 1.07. The summed E-state index contributed by atoms with van der Waals surface area (Å²) in [7, 11) is 0. The number of ether oxygens (including phenoxy) is 2. The average Bonchev–Trinajstić information content (AvgIpc) is 3.18. The van der Waals surface area contributed by atoms with E-state index in [4.69, 9.17) is 25.9 Å². The number of likely N-dealkylation sites (tertiary alicyclic amines) is 1. The Morgan fingerprint density at radius 3 is 2.65 bits per heavy atom. The molecule has 0 aliphatic carbocycles. The Kier molecular flexibility index (Phi) is 6.76. The molecule has 0 unspecified atom stereocenters. The molecule has 2 heterocycles. The molecule has 2 N–H and O–H groups in total. The SMILES string of the molecule is O[C@@H](COc1ccc(-c2c3ccc(F)c2NO3)cc1)CN1CCC(Oc2cccc(Cl)c2)CC1. The van der Waals surface area contributed by atoms with Crippen molar-refractivity contribution in [2.45, 2.75) is 25.0 Å². The minimum absolute atomic E-state index is 0.150. The number of hydrogen-bond acceptors (Lipinski definition) is 6. The molecule has 2 bridgehead atoms. The summed E-state index contributed by atoms with van der Waals surface area (Å²) in [4.78, 5) is 7.53. The average molecular weight is 485 g/mol. The molecule has 0 saturated carbocycles. The number of nitrogens with one attached hydrogen (secondary N) is 1. The second kappa shape index (κ2) is 10.1. The fraction of sp³-hybridized carbons (Fsp3) is 0.308. The van der Waals surface area contributed by atoms with E-state index in [2.05, 4.69) is 10.4 Å². The zero-order valence-electron chi connectivity index (χ0n) is 18.5. The fourth-order valence-corrected chi connectivity index (χ4v) is 4.52. The number of benzene rings is 3. The van der Waals surface area contributed by atoms with E-state index in [1.807, 2.05) is 48.5 Å². The number of nitrogens with zero attached hydrogens (tertiary/aromatic N) is 1. The highest BCUT2D eigenvalue weighted by Crippen LogP contribution is 2.43. The van der Waals surface area contributed by atoms with Gasteiger partial charge in [-0.15, -0.1) is 0 Å². The molecule has 0 radical (unpaired) electrons. The van der Waals surface area contributed by atoms with E-state index in [1.165, 1.54) is 6.07 Å². The smallest absolute Gasteiger partial charge is 0.165 e. The number of anilines is 1. The predicted molar refractivity (Wildman–Crippen MR) is 129 cm³/mol. The summed E-state index contributed by atoms with van der Waals surface area (Å²) >= 11 is 6.02. The van der Waals surface area contributed by atoms with Gasteiger partial charge in [-0.2, -0.15) is 0 Å². The monoisotopic (exact) mass is 484 g/mol. The van der Waals surface area contributed by atoms with E-state index in [9.17, 15) is 9.50 Å². The molecular formula is C26H26ClFN2O4. The van der Waals surface area contributed by atoms with Crippen molar-refractivity contribution in [2.75, 3.05) is 31.7 Å². The Morgan fingerprint density at radius 2 is 1.88 bits per heavy atom. The highest BCUT2D eigenvalue weighted by molar-refractivity contribution is 6.30. The zero-order chi connectivity index (χ0) is 23.5. The number of β-amino-alcohol motifs (C(OH)–C–C–N with tert-alkyl or cyclic N) is 1. The van der Waals surface area contributed by atoms with Crippen LogP contribution in [0.4, 0.5) is 10.1 Å². The van der Waals surface area contributed by atoms with Crippen molar-refractivity contribution in [1.82, 2.24) is 4.90 Å². The minimum atomic E-state index is -0.605. The first-order valence-electron chi connectivity index (χ1n) is 11.4. The number of piperidine rings is 1. The maximum atomic E-state index is 14.0. The molecule has 1 fully saturated rings. The first kappa shape index (κ1) is 22.8. The summed E-state index contributed by atoms with van der Waals surface area (Å²) in [6, 6.07) is 17.8. The molecule has 1 atom stereocenters. The Labute approximate surface area is 202 Å². The molecule has 1 saturated heterocycles. The summed E-state index contributed by atoms with van der Waals surface area (Å²) in [6.07, 6.45) is 1.33. The van der Waals surface area contributed by atoms with Crippen LogP contribution in [0.15, 0.2) is 60.7 Å². The van der Waals surface area contributed by atoms with Crippen molar-refractivity contribution < 1.29 is 23.8 Å². The standard InChI is InChI=1S/C26H26ClFN2O4/c27-18-2-1-3-22(14-18)33-21-10-12-30(13-11-21)15-19(31)16-32-20-6-4-17(5-7-20)25-24-9-8-23(28)26(25)29-34-24/h1-9,14,19,21,29,31H,10-13,15-16H2/t19-/m1/s1. The first-order chi connectivity index (χ1) is 16.5. The first-order valence-corrected chi connectivity index (χ1v) is 11.7. The summed E-state index contributed by atoms with van der Waals surface area (Å²) in [5.74, 6) is 1.66. The molecule has 3 aromatic carbocycles. The Bertz CT molecular complexity index is 1140. The van der Waals surface area contributed by atoms with Crippen molar-refractivity contribution >= 4 is 17.3 Å². The van der Waals surface area contributed by atoms with Crippen LogP contribution in [0, 0.1) is 5.82 Å². The van der Waals surface area contributed by atoms with Crippen LogP contribution < -0.4 is 19.8 Å². The van der Waals surface area contributed by atoms with E-state index in [0.29, 0.717) is 34.3 Å². The van der Waals surface area contributed by atoms with Gasteiger partial charge in [-0.25, -0.2) is 9.87 Å². The van der Waals surface area contributed by atoms with Crippen molar-refractivity contribution in [3.05, 3.63) is 71.5 Å². The van der Waals surface area contributed by atoms with Crippen LogP contribution in [-0.2, 0) is 0 Å². The topological polar surface area (TPSA) is 63.2 Å². The Hall–Kier alpha value is -3.00. The molecular weight excluding hydrogens is 459 g/mol. The molecule has 8 heteroatoms. The summed E-state index contributed by atoms with van der Waals surface area (Å²) in [5.41, 5.74) is 4.46. The normalized spacial score (nSPS) is 16.6. The second-order valence-electron chi connectivity index (χ2n) is 8.56. The molecule has 5 rings (SSSR count). The molecule has 2 aliphatic rings. The van der Waals surface area contributed by atoms with Gasteiger partial charge in [0.05, 0.1) is 5.56 Å². The van der Waals surface area contributed by atoms with Gasteiger partial charge in [-0.05, 0) is 60.9 Å². The third kappa shape index (κ3) is 5.22. The quantitative estimate of drug-likeness (QED) is 0.461. The third-order valence-electron chi connectivity index (χ3n) is 6.07. The van der Waals surface area contributed by atoms with Crippen LogP contribution >= 0.6 is 11.6 Å². The molecule has 3 aromatic rings. The molecule has 0 aromatic heterocycles. The van der Waals surface area contributed by atoms with Gasteiger partial charge >= 0.3 is 0 Å². The lowest BCUT2D eigenvalue weighted by Crippen LogP contribution is -2.43. The molecule has 0 spiro atoms. The van der Waals surface area contributed by atoms with Gasteiger partial charge in [0, 0.05) is 24.7 Å². The highest BCUT2D eigenvalue weighted by Gasteiger charge is 2.24. The van der Waals surface area contributed by atoms with Crippen molar-refractivity contribution in [2.24, 2.45) is 0 Å². The molecule has 34 heavy (non-hydrogen) atoms. The lowest BCUT2D eigenvalue weighted by molar-refractivity contribution is 0.0402. The molecule has 0 amide bonds. The number of rotatable bonds is 8. The van der Waals surface area contributed by atoms with Gasteiger partial charge in [0.15, 0.2) is 11.6 Å². The van der Waals surface area contributed by atoms with Gasteiger partial charge in [-0.3, -0.25) is 0 Å². The Morgan fingerprint density at radius 1 is 1.09 bits per heavy atom. The van der Waals surface area contributed by atoms with Crippen molar-refractivity contribution in [3.8, 4) is 28.4 Å². The van der Waals surface area contributed by atoms with Crippen LogP contribution in [0.3, 0.4) is 0 Å². The fourth-order valence-electron chi connectivity index (χ4n) is 4.34. The lowest BCUT2D eigenvalue weighted by Gasteiger charge is -2.33. The number of fused-ring (bicyclic) bond motifs is 2. The summed E-state index contributed by atoms with van der Waals surface area (Å²) in [5, 5.41) is 11.1. The van der Waals surface area contributed by atoms with Crippen LogP contribution in [-0.4, -0.2) is 48.5 Å². The maximum Gasteiger partial charge on any atom is 0.165 e. The van der Waals surface area contributed by atoms with E-state index in [0.717, 1.165) is 37.2 Å². The molecule has 6 nitrogen and oxygen atoms in total. The van der Waals surface area contributed by atoms with Crippen LogP contribution in [0.2, 0.25) is 5.02 Å². The predicted octanol–water partition coefficient (Wildman–Crippen LogP) is 5.15. The van der Waals surface area contributed by atoms with E-state index >= 15 is 0 Å². The van der Waals surface area contributed by atoms with Crippen LogP contribution in [0.25, 0.3) is 11.1 Å². The van der Waals surface area contributed by atoms with E-state index in [-0.39, 0.29) is 18.5 Å². The van der Waals surface area contributed by atoms with Crippen molar-refractivity contribution in [1.29, 1.82) is 0 Å². The second-order valence-corrected chi connectivity index (χ2v) is 9.00. The number of aliphatic hydroxyl groups is 1. The van der Waals surface area contributed by atoms with Gasteiger partial charge in [-0.1, -0.05) is 29.8 Å². The highest BCUT2D eigenvalue weighted by atomic mass is 35.5. The molecule has 178 valence electrons. The third-order valence-corrected chi connectivity index (χ3v) is 6.30.